The average molecular weight is 196 g/mol. The van der Waals surface area contributed by atoms with Crippen molar-refractivity contribution in [3.63, 3.8) is 0 Å². The van der Waals surface area contributed by atoms with E-state index in [4.69, 9.17) is 16.3 Å². The van der Waals surface area contributed by atoms with E-state index in [1.54, 1.807) is 7.11 Å². The third-order valence-electron chi connectivity index (χ3n) is 2.02. The predicted octanol–water partition coefficient (Wildman–Crippen LogP) is 3.14. The Morgan fingerprint density at radius 1 is 1.31 bits per heavy atom. The molecule has 3 heteroatoms. The second kappa shape index (κ2) is 2.96. The van der Waals surface area contributed by atoms with Crippen LogP contribution in [0.2, 0.25) is 5.02 Å². The van der Waals surface area contributed by atoms with Crippen LogP contribution in [0, 0.1) is 6.92 Å². The van der Waals surface area contributed by atoms with Gasteiger partial charge >= 0.3 is 0 Å². The maximum absolute atomic E-state index is 5.91. The zero-order valence-corrected chi connectivity index (χ0v) is 8.27. The van der Waals surface area contributed by atoms with Crippen LogP contribution >= 0.6 is 11.6 Å². The van der Waals surface area contributed by atoms with Gasteiger partial charge in [0.2, 0.25) is 0 Å². The molecule has 0 saturated carbocycles. The van der Waals surface area contributed by atoms with Crippen LogP contribution < -0.4 is 4.74 Å². The average Bonchev–Trinajstić information content (AvgIpc) is 2.43. The number of rotatable bonds is 1. The van der Waals surface area contributed by atoms with Gasteiger partial charge in [0.1, 0.15) is 5.75 Å². The maximum atomic E-state index is 5.91. The summed E-state index contributed by atoms with van der Waals surface area (Å²) < 4.78 is 5.22. The van der Waals surface area contributed by atoms with Gasteiger partial charge in [0, 0.05) is 16.1 Å². The lowest BCUT2D eigenvalue weighted by molar-refractivity contribution is 0.420. The highest BCUT2D eigenvalue weighted by atomic mass is 35.5. The van der Waals surface area contributed by atoms with E-state index in [1.165, 1.54) is 0 Å². The molecule has 0 amide bonds. The minimum absolute atomic E-state index is 0.686. The number of nitrogens with one attached hydrogen (secondary N) is 1. The normalized spacial score (nSPS) is 10.7. The summed E-state index contributed by atoms with van der Waals surface area (Å²) >= 11 is 5.91. The fraction of sp³-hybridized carbons (Fsp3) is 0.200. The van der Waals surface area contributed by atoms with Gasteiger partial charge in [0.15, 0.2) is 0 Å². The van der Waals surface area contributed by atoms with Crippen LogP contribution in [-0.2, 0) is 0 Å². The summed E-state index contributed by atoms with van der Waals surface area (Å²) in [4.78, 5) is 3.21. The molecule has 0 unspecified atom stereocenters. The number of hydrogen-bond donors (Lipinski definition) is 1. The number of ether oxygens (including phenoxy) is 1. The Morgan fingerprint density at radius 3 is 2.77 bits per heavy atom. The topological polar surface area (TPSA) is 25.0 Å². The summed E-state index contributed by atoms with van der Waals surface area (Å²) in [5.74, 6) is 0.812. The van der Waals surface area contributed by atoms with Gasteiger partial charge in [-0.2, -0.15) is 0 Å². The molecule has 0 radical (unpaired) electrons. The van der Waals surface area contributed by atoms with Crippen molar-refractivity contribution in [2.45, 2.75) is 6.92 Å². The number of aryl methyl sites for hydroxylation is 1. The fourth-order valence-corrected chi connectivity index (χ4v) is 1.69. The van der Waals surface area contributed by atoms with Crippen LogP contribution in [0.15, 0.2) is 18.2 Å². The lowest BCUT2D eigenvalue weighted by atomic mass is 10.2. The molecule has 0 aliphatic carbocycles. The first-order chi connectivity index (χ1) is 6.20. The van der Waals surface area contributed by atoms with E-state index in [9.17, 15) is 0 Å². The second-order valence-electron chi connectivity index (χ2n) is 3.02. The van der Waals surface area contributed by atoms with Gasteiger partial charge in [-0.25, -0.2) is 0 Å². The SMILES string of the molecule is COc1cc(Cl)cc2[nH]c(C)cc12. The Balaban J connectivity index is 2.80. The summed E-state index contributed by atoms with van der Waals surface area (Å²) in [5, 5.41) is 1.76. The standard InChI is InChI=1S/C10H10ClNO/c1-6-3-8-9(12-6)4-7(11)5-10(8)13-2/h3-5,12H,1-2H3. The van der Waals surface area contributed by atoms with Crippen molar-refractivity contribution < 1.29 is 4.74 Å². The first-order valence-corrected chi connectivity index (χ1v) is 4.41. The van der Waals surface area contributed by atoms with Crippen molar-refractivity contribution in [3.05, 3.63) is 28.9 Å². The Kier molecular flexibility index (Phi) is 1.93. The van der Waals surface area contributed by atoms with Gasteiger partial charge in [0.25, 0.3) is 0 Å². The molecule has 1 aromatic carbocycles. The van der Waals surface area contributed by atoms with Crippen molar-refractivity contribution in [1.29, 1.82) is 0 Å². The van der Waals surface area contributed by atoms with Gasteiger partial charge in [-0.15, -0.1) is 0 Å². The van der Waals surface area contributed by atoms with Crippen molar-refractivity contribution in [2.75, 3.05) is 7.11 Å². The largest absolute Gasteiger partial charge is 0.496 e. The van der Waals surface area contributed by atoms with Crippen LogP contribution in [0.25, 0.3) is 10.9 Å². The van der Waals surface area contributed by atoms with Crippen molar-refractivity contribution in [3.8, 4) is 5.75 Å². The molecule has 0 aliphatic heterocycles. The fourth-order valence-electron chi connectivity index (χ4n) is 1.48. The van der Waals surface area contributed by atoms with Crippen LogP contribution in [-0.4, -0.2) is 12.1 Å². The van der Waals surface area contributed by atoms with Gasteiger partial charge in [-0.05, 0) is 25.1 Å². The minimum Gasteiger partial charge on any atom is -0.496 e. The molecular formula is C10H10ClNO. The number of benzene rings is 1. The van der Waals surface area contributed by atoms with E-state index in [1.807, 2.05) is 25.1 Å². The zero-order chi connectivity index (χ0) is 9.42. The lowest BCUT2D eigenvalue weighted by Crippen LogP contribution is -1.82. The van der Waals surface area contributed by atoms with Gasteiger partial charge in [-0.1, -0.05) is 11.6 Å². The molecule has 1 aromatic heterocycles. The summed E-state index contributed by atoms with van der Waals surface area (Å²) in [5.41, 5.74) is 2.12. The molecule has 1 heterocycles. The molecule has 2 rings (SSSR count). The minimum atomic E-state index is 0.686. The van der Waals surface area contributed by atoms with Gasteiger partial charge in [0.05, 0.1) is 12.6 Å². The number of aromatic nitrogens is 1. The number of fused-ring (bicyclic) bond motifs is 1. The van der Waals surface area contributed by atoms with E-state index in [2.05, 4.69) is 4.98 Å². The summed E-state index contributed by atoms with van der Waals surface area (Å²) in [6, 6.07) is 5.76. The van der Waals surface area contributed by atoms with E-state index < -0.39 is 0 Å². The van der Waals surface area contributed by atoms with E-state index >= 15 is 0 Å². The molecule has 13 heavy (non-hydrogen) atoms. The molecular weight excluding hydrogens is 186 g/mol. The van der Waals surface area contributed by atoms with E-state index in [-0.39, 0.29) is 0 Å². The number of halogens is 1. The molecule has 68 valence electrons. The molecule has 0 spiro atoms. The molecule has 0 aliphatic rings. The highest BCUT2D eigenvalue weighted by molar-refractivity contribution is 6.31. The highest BCUT2D eigenvalue weighted by Gasteiger charge is 2.05. The lowest BCUT2D eigenvalue weighted by Gasteiger charge is -2.01. The molecule has 1 N–H and O–H groups in total. The Labute approximate surface area is 81.5 Å². The third kappa shape index (κ3) is 1.38. The van der Waals surface area contributed by atoms with Crippen molar-refractivity contribution in [2.24, 2.45) is 0 Å². The first-order valence-electron chi connectivity index (χ1n) is 4.03. The Hall–Kier alpha value is -1.15. The molecule has 0 saturated heterocycles. The first kappa shape index (κ1) is 8.45. The van der Waals surface area contributed by atoms with Gasteiger partial charge in [-0.3, -0.25) is 0 Å². The quantitative estimate of drug-likeness (QED) is 0.743. The summed E-state index contributed by atoms with van der Waals surface area (Å²) in [7, 11) is 1.65. The molecule has 0 bridgehead atoms. The number of hydrogen-bond acceptors (Lipinski definition) is 1. The highest BCUT2D eigenvalue weighted by Crippen LogP contribution is 2.29. The van der Waals surface area contributed by atoms with Crippen LogP contribution in [0.1, 0.15) is 5.69 Å². The zero-order valence-electron chi connectivity index (χ0n) is 7.52. The molecule has 2 nitrogen and oxygen atoms in total. The third-order valence-corrected chi connectivity index (χ3v) is 2.24. The van der Waals surface area contributed by atoms with Crippen LogP contribution in [0.5, 0.6) is 5.75 Å². The van der Waals surface area contributed by atoms with Crippen molar-refractivity contribution >= 4 is 22.5 Å². The number of H-pyrrole nitrogens is 1. The van der Waals surface area contributed by atoms with Crippen LogP contribution in [0.4, 0.5) is 0 Å². The van der Waals surface area contributed by atoms with Crippen molar-refractivity contribution in [1.82, 2.24) is 4.98 Å². The molecule has 0 atom stereocenters. The van der Waals surface area contributed by atoms with Gasteiger partial charge < -0.3 is 9.72 Å². The Bertz CT molecular complexity index is 447. The Morgan fingerprint density at radius 2 is 2.08 bits per heavy atom. The molecule has 2 aromatic rings. The number of aromatic amines is 1. The van der Waals surface area contributed by atoms with E-state index in [0.717, 1.165) is 22.3 Å². The van der Waals surface area contributed by atoms with E-state index in [0.29, 0.717) is 5.02 Å². The summed E-state index contributed by atoms with van der Waals surface area (Å²) in [6.07, 6.45) is 0. The second-order valence-corrected chi connectivity index (χ2v) is 3.46. The predicted molar refractivity (Wildman–Crippen MR) is 54.6 cm³/mol. The van der Waals surface area contributed by atoms with Crippen LogP contribution in [0.3, 0.4) is 0 Å². The molecule has 0 fully saturated rings. The maximum Gasteiger partial charge on any atom is 0.129 e. The monoisotopic (exact) mass is 195 g/mol. The number of methoxy groups -OCH3 is 1. The summed E-state index contributed by atoms with van der Waals surface area (Å²) in [6.45, 7) is 2.01. The smallest absolute Gasteiger partial charge is 0.129 e.